The maximum atomic E-state index is 11.2. The van der Waals surface area contributed by atoms with Gasteiger partial charge >= 0.3 is 0 Å². The first-order valence-corrected chi connectivity index (χ1v) is 5.84. The van der Waals surface area contributed by atoms with Gasteiger partial charge in [0.25, 0.3) is 0 Å². The summed E-state index contributed by atoms with van der Waals surface area (Å²) >= 11 is 0. The van der Waals surface area contributed by atoms with Gasteiger partial charge in [0.05, 0.1) is 5.70 Å². The Morgan fingerprint density at radius 2 is 1.83 bits per heavy atom. The Morgan fingerprint density at radius 1 is 1.17 bits per heavy atom. The van der Waals surface area contributed by atoms with Gasteiger partial charge in [0, 0.05) is 6.54 Å². The van der Waals surface area contributed by atoms with Crippen LogP contribution in [0, 0.1) is 0 Å². The highest BCUT2D eigenvalue weighted by Crippen LogP contribution is 2.11. The zero-order valence-corrected chi connectivity index (χ0v) is 10.9. The molecule has 2 heteroatoms. The molecule has 0 aliphatic heterocycles. The largest absolute Gasteiger partial charge is 0.378 e. The number of allylic oxidation sites excluding steroid dienone is 3. The Morgan fingerprint density at radius 3 is 2.33 bits per heavy atom. The minimum Gasteiger partial charge on any atom is -0.378 e. The van der Waals surface area contributed by atoms with Gasteiger partial charge in [0.2, 0.25) is 0 Å². The van der Waals surface area contributed by atoms with Crippen molar-refractivity contribution in [2.24, 2.45) is 0 Å². The van der Waals surface area contributed by atoms with Crippen LogP contribution in [0.4, 0.5) is 0 Å². The van der Waals surface area contributed by atoms with Crippen LogP contribution in [0.25, 0.3) is 0 Å². The van der Waals surface area contributed by atoms with Gasteiger partial charge in [-0.2, -0.15) is 0 Å². The number of hydrogen-bond acceptors (Lipinski definition) is 2. The minimum absolute atomic E-state index is 0.119. The van der Waals surface area contributed by atoms with Crippen molar-refractivity contribution in [2.45, 2.75) is 19.3 Å². The molecule has 0 bridgehead atoms. The Balaban J connectivity index is 4.18. The molecule has 0 fully saturated rings. The molecule has 18 heavy (non-hydrogen) atoms. The molecule has 0 atom stereocenters. The molecule has 0 unspecified atom stereocenters. The lowest BCUT2D eigenvalue weighted by molar-refractivity contribution is -0.111. The molecule has 0 aromatic heterocycles. The highest BCUT2D eigenvalue weighted by Gasteiger charge is 2.04. The first-order chi connectivity index (χ1) is 8.56. The smallest absolute Gasteiger partial charge is 0.180 e. The molecule has 0 aromatic carbocycles. The van der Waals surface area contributed by atoms with Crippen LogP contribution < -0.4 is 5.32 Å². The Kier molecular flexibility index (Phi) is 8.00. The molecule has 1 N–H and O–H groups in total. The van der Waals surface area contributed by atoms with Crippen LogP contribution in [0.3, 0.4) is 0 Å². The highest BCUT2D eigenvalue weighted by molar-refractivity contribution is 6.03. The van der Waals surface area contributed by atoms with Crippen molar-refractivity contribution in [3.8, 4) is 0 Å². The van der Waals surface area contributed by atoms with Crippen molar-refractivity contribution in [3.63, 3.8) is 0 Å². The third-order valence-electron chi connectivity index (χ3n) is 2.44. The van der Waals surface area contributed by atoms with Crippen molar-refractivity contribution >= 4 is 5.78 Å². The third kappa shape index (κ3) is 5.88. The number of hydrogen-bond donors (Lipinski definition) is 1. The van der Waals surface area contributed by atoms with E-state index in [0.29, 0.717) is 18.5 Å². The molecule has 0 amide bonds. The van der Waals surface area contributed by atoms with E-state index >= 15 is 0 Å². The first-order valence-electron chi connectivity index (χ1n) is 5.84. The minimum atomic E-state index is -0.119. The summed E-state index contributed by atoms with van der Waals surface area (Å²) in [5, 5.41) is 3.15. The predicted molar refractivity (Wildman–Crippen MR) is 78.2 cm³/mol. The molecule has 96 valence electrons. The molecule has 0 saturated carbocycles. The van der Waals surface area contributed by atoms with Gasteiger partial charge in [-0.1, -0.05) is 32.4 Å². The van der Waals surface area contributed by atoms with Crippen LogP contribution in [0.5, 0.6) is 0 Å². The zero-order chi connectivity index (χ0) is 14.0. The van der Waals surface area contributed by atoms with Crippen molar-refractivity contribution in [2.75, 3.05) is 6.54 Å². The van der Waals surface area contributed by atoms with E-state index in [1.807, 2.05) is 6.08 Å². The van der Waals surface area contributed by atoms with E-state index in [1.165, 1.54) is 6.08 Å². The van der Waals surface area contributed by atoms with Crippen LogP contribution in [-0.2, 0) is 4.79 Å². The summed E-state index contributed by atoms with van der Waals surface area (Å²) in [6.45, 7) is 19.0. The van der Waals surface area contributed by atoms with E-state index in [9.17, 15) is 4.79 Å². The molecule has 0 aromatic rings. The van der Waals surface area contributed by atoms with Gasteiger partial charge in [0.15, 0.2) is 5.78 Å². The maximum absolute atomic E-state index is 11.2. The second-order valence-corrected chi connectivity index (χ2v) is 3.83. The van der Waals surface area contributed by atoms with Crippen molar-refractivity contribution in [1.82, 2.24) is 5.32 Å². The molecular formula is C16H21NO. The predicted octanol–water partition coefficient (Wildman–Crippen LogP) is 3.47. The fraction of sp³-hybridized carbons (Fsp3) is 0.250. The lowest BCUT2D eigenvalue weighted by Gasteiger charge is -2.11. The summed E-state index contributed by atoms with van der Waals surface area (Å²) in [5.74, 6) is -0.119. The van der Waals surface area contributed by atoms with Crippen molar-refractivity contribution in [3.05, 3.63) is 67.6 Å². The molecule has 0 aliphatic carbocycles. The summed E-state index contributed by atoms with van der Waals surface area (Å²) in [5.41, 5.74) is 5.08. The average molecular weight is 243 g/mol. The average Bonchev–Trinajstić information content (AvgIpc) is 2.39. The SMILES string of the molecule is C=C=C(NCCC(=C)C(=O)C=C)C(=C)CCC=C. The van der Waals surface area contributed by atoms with Crippen LogP contribution in [0.1, 0.15) is 19.3 Å². The Labute approximate surface area is 110 Å². The standard InChI is InChI=1S/C16H21NO/c1-6-9-10-13(4)15(7-2)17-12-11-14(5)16(18)8-3/h6,8,17H,1-5,9-12H2. The van der Waals surface area contributed by atoms with E-state index < -0.39 is 0 Å². The van der Waals surface area contributed by atoms with Crippen LogP contribution in [-0.4, -0.2) is 12.3 Å². The van der Waals surface area contributed by atoms with Crippen molar-refractivity contribution < 1.29 is 4.79 Å². The van der Waals surface area contributed by atoms with Crippen LogP contribution in [0.2, 0.25) is 0 Å². The monoisotopic (exact) mass is 243 g/mol. The van der Waals surface area contributed by atoms with Crippen molar-refractivity contribution in [1.29, 1.82) is 0 Å². The fourth-order valence-electron chi connectivity index (χ4n) is 1.32. The van der Waals surface area contributed by atoms with Crippen LogP contribution in [0.15, 0.2) is 67.6 Å². The summed E-state index contributed by atoms with van der Waals surface area (Å²) in [7, 11) is 0. The summed E-state index contributed by atoms with van der Waals surface area (Å²) < 4.78 is 0. The quantitative estimate of drug-likeness (QED) is 0.275. The lowest BCUT2D eigenvalue weighted by Crippen LogP contribution is -2.17. The number of carbonyl (C=O) groups excluding carboxylic acids is 1. The van der Waals surface area contributed by atoms with Crippen LogP contribution >= 0.6 is 0 Å². The molecule has 0 saturated heterocycles. The highest BCUT2D eigenvalue weighted by atomic mass is 16.1. The van der Waals surface area contributed by atoms with E-state index in [2.05, 4.69) is 43.9 Å². The summed E-state index contributed by atoms with van der Waals surface area (Å²) in [4.78, 5) is 11.2. The number of ketones is 1. The summed E-state index contributed by atoms with van der Waals surface area (Å²) in [6, 6.07) is 0. The molecule has 2 nitrogen and oxygen atoms in total. The second kappa shape index (κ2) is 9.03. The second-order valence-electron chi connectivity index (χ2n) is 3.83. The van der Waals surface area contributed by atoms with E-state index in [0.717, 1.165) is 24.1 Å². The Hall–Kier alpha value is -2.05. The first kappa shape index (κ1) is 16.0. The number of nitrogens with one attached hydrogen (secondary N) is 1. The molecule has 0 radical (unpaired) electrons. The number of rotatable bonds is 10. The zero-order valence-electron chi connectivity index (χ0n) is 10.9. The van der Waals surface area contributed by atoms with E-state index in [1.54, 1.807) is 0 Å². The van der Waals surface area contributed by atoms with E-state index in [4.69, 9.17) is 0 Å². The normalized spacial score (nSPS) is 8.89. The topological polar surface area (TPSA) is 29.1 Å². The fourth-order valence-corrected chi connectivity index (χ4v) is 1.32. The Bertz CT molecular complexity index is 409. The van der Waals surface area contributed by atoms with Gasteiger partial charge in [-0.05, 0) is 36.5 Å². The third-order valence-corrected chi connectivity index (χ3v) is 2.44. The molecule has 0 heterocycles. The van der Waals surface area contributed by atoms with E-state index in [-0.39, 0.29) is 5.78 Å². The van der Waals surface area contributed by atoms with Gasteiger partial charge in [-0.3, -0.25) is 4.79 Å². The van der Waals surface area contributed by atoms with Gasteiger partial charge in [0.1, 0.15) is 0 Å². The van der Waals surface area contributed by atoms with Gasteiger partial charge in [-0.15, -0.1) is 12.3 Å². The summed E-state index contributed by atoms with van der Waals surface area (Å²) in [6.07, 6.45) is 5.37. The number of carbonyl (C=O) groups is 1. The molecule has 0 spiro atoms. The maximum Gasteiger partial charge on any atom is 0.180 e. The van der Waals surface area contributed by atoms with Gasteiger partial charge in [-0.25, -0.2) is 0 Å². The van der Waals surface area contributed by atoms with Gasteiger partial charge < -0.3 is 5.32 Å². The molecule has 0 aliphatic rings. The molecular weight excluding hydrogens is 222 g/mol. The molecule has 0 rings (SSSR count). The lowest BCUT2D eigenvalue weighted by atomic mass is 10.1.